The Balaban J connectivity index is 1.50. The van der Waals surface area contributed by atoms with Crippen LogP contribution < -0.4 is 25.9 Å². The van der Waals surface area contributed by atoms with Crippen molar-refractivity contribution in [1.82, 2.24) is 14.5 Å². The van der Waals surface area contributed by atoms with E-state index in [0.29, 0.717) is 47.8 Å². The molecule has 1 aromatic heterocycles. The molecule has 0 atom stereocenters. The number of aryl methyl sites for hydroxylation is 1. The van der Waals surface area contributed by atoms with Gasteiger partial charge >= 0.3 is 11.1 Å². The van der Waals surface area contributed by atoms with E-state index in [9.17, 15) is 14.4 Å². The number of benzene rings is 3. The van der Waals surface area contributed by atoms with Crippen LogP contribution in [0.2, 0.25) is 0 Å². The van der Waals surface area contributed by atoms with Crippen LogP contribution in [0.15, 0.2) is 76.3 Å². The van der Waals surface area contributed by atoms with Gasteiger partial charge < -0.3 is 19.4 Å². The number of aromatic nitrogens is 2. The third-order valence-corrected chi connectivity index (χ3v) is 5.99. The van der Waals surface area contributed by atoms with E-state index in [-0.39, 0.29) is 12.5 Å². The number of nitrogens with one attached hydrogen (secondary N) is 1. The molecule has 0 aliphatic heterocycles. The highest BCUT2D eigenvalue weighted by Gasteiger charge is 2.13. The van der Waals surface area contributed by atoms with Gasteiger partial charge in [0, 0.05) is 18.7 Å². The smallest absolute Gasteiger partial charge is 0.317 e. The fourth-order valence-corrected chi connectivity index (χ4v) is 4.17. The van der Waals surface area contributed by atoms with E-state index in [4.69, 9.17) is 9.47 Å². The normalized spacial score (nSPS) is 10.9. The number of para-hydroxylation sites is 2. The maximum atomic E-state index is 12.8. The minimum absolute atomic E-state index is 0.219. The van der Waals surface area contributed by atoms with Gasteiger partial charge in [0.15, 0.2) is 11.5 Å². The van der Waals surface area contributed by atoms with Gasteiger partial charge in [0.2, 0.25) is 0 Å². The Morgan fingerprint density at radius 2 is 1.47 bits per heavy atom. The molecule has 4 rings (SSSR count). The Labute approximate surface area is 208 Å². The number of carbonyl (C=O) groups excluding carboxylic acids is 1. The molecule has 36 heavy (non-hydrogen) atoms. The molecule has 1 N–H and O–H groups in total. The zero-order valence-corrected chi connectivity index (χ0v) is 20.6. The molecule has 0 bridgehead atoms. The molecular weight excluding hydrogens is 458 g/mol. The third-order valence-electron chi connectivity index (χ3n) is 5.99. The molecule has 0 saturated carbocycles. The first kappa shape index (κ1) is 24.8. The van der Waals surface area contributed by atoms with Gasteiger partial charge in [-0.05, 0) is 61.4 Å². The van der Waals surface area contributed by atoms with E-state index in [0.717, 1.165) is 11.1 Å². The van der Waals surface area contributed by atoms with Crippen molar-refractivity contribution in [3.8, 4) is 11.5 Å². The quantitative estimate of drug-likeness (QED) is 0.365. The van der Waals surface area contributed by atoms with E-state index in [2.05, 4.69) is 5.32 Å². The molecule has 186 valence electrons. The number of nitrogens with zero attached hydrogens (tertiary/aromatic N) is 2. The second kappa shape index (κ2) is 10.9. The second-order valence-electron chi connectivity index (χ2n) is 8.23. The molecule has 8 nitrogen and oxygen atoms in total. The topological polar surface area (TPSA) is 91.6 Å². The van der Waals surface area contributed by atoms with E-state index >= 15 is 0 Å². The SMILES string of the molecule is CCOc1cc(CNC(=O)c2ccc(Cn3c(=O)c(=O)n(CC)c4ccccc43)cc2)ccc1OC. The van der Waals surface area contributed by atoms with Gasteiger partial charge in [-0.1, -0.05) is 30.3 Å². The summed E-state index contributed by atoms with van der Waals surface area (Å²) >= 11 is 0. The summed E-state index contributed by atoms with van der Waals surface area (Å²) in [6.07, 6.45) is 0. The molecule has 3 aromatic carbocycles. The van der Waals surface area contributed by atoms with Crippen LogP contribution in [0.5, 0.6) is 11.5 Å². The summed E-state index contributed by atoms with van der Waals surface area (Å²) in [7, 11) is 1.58. The monoisotopic (exact) mass is 487 g/mol. The van der Waals surface area contributed by atoms with Gasteiger partial charge in [-0.2, -0.15) is 0 Å². The molecular formula is C28H29N3O5. The number of hydrogen-bond acceptors (Lipinski definition) is 5. The Morgan fingerprint density at radius 3 is 2.11 bits per heavy atom. The fraction of sp³-hybridized carbons (Fsp3) is 0.250. The Morgan fingerprint density at radius 1 is 0.833 bits per heavy atom. The summed E-state index contributed by atoms with van der Waals surface area (Å²) in [5, 5.41) is 2.91. The van der Waals surface area contributed by atoms with Crippen molar-refractivity contribution in [2.24, 2.45) is 0 Å². The summed E-state index contributed by atoms with van der Waals surface area (Å²) in [6, 6.07) is 19.9. The summed E-state index contributed by atoms with van der Waals surface area (Å²) in [4.78, 5) is 38.1. The first-order chi connectivity index (χ1) is 17.5. The van der Waals surface area contributed by atoms with Crippen molar-refractivity contribution in [3.05, 3.63) is 104 Å². The lowest BCUT2D eigenvalue weighted by Crippen LogP contribution is -2.41. The molecule has 1 heterocycles. The zero-order valence-electron chi connectivity index (χ0n) is 20.6. The lowest BCUT2D eigenvalue weighted by molar-refractivity contribution is 0.0951. The van der Waals surface area contributed by atoms with Gasteiger partial charge in [-0.25, -0.2) is 0 Å². The summed E-state index contributed by atoms with van der Waals surface area (Å²) in [5.41, 5.74) is 2.49. The fourth-order valence-electron chi connectivity index (χ4n) is 4.17. The first-order valence-electron chi connectivity index (χ1n) is 11.9. The molecule has 4 aromatic rings. The molecule has 0 fully saturated rings. The zero-order chi connectivity index (χ0) is 25.7. The Kier molecular flexibility index (Phi) is 7.53. The highest BCUT2D eigenvalue weighted by molar-refractivity contribution is 5.94. The number of hydrogen-bond donors (Lipinski definition) is 1. The number of fused-ring (bicyclic) bond motifs is 1. The predicted octanol–water partition coefficient (Wildman–Crippen LogP) is 3.57. The van der Waals surface area contributed by atoms with Crippen LogP contribution in [-0.2, 0) is 19.6 Å². The van der Waals surface area contributed by atoms with Crippen molar-refractivity contribution < 1.29 is 14.3 Å². The Hall–Kier alpha value is -4.33. The van der Waals surface area contributed by atoms with Crippen LogP contribution in [0.3, 0.4) is 0 Å². The minimum Gasteiger partial charge on any atom is -0.493 e. The van der Waals surface area contributed by atoms with Crippen molar-refractivity contribution >= 4 is 16.9 Å². The number of methoxy groups -OCH3 is 1. The van der Waals surface area contributed by atoms with E-state index < -0.39 is 11.1 Å². The van der Waals surface area contributed by atoms with Gasteiger partial charge in [-0.3, -0.25) is 19.0 Å². The van der Waals surface area contributed by atoms with Gasteiger partial charge in [0.05, 0.1) is 31.3 Å². The van der Waals surface area contributed by atoms with Gasteiger partial charge in [0.1, 0.15) is 0 Å². The van der Waals surface area contributed by atoms with Gasteiger partial charge in [0.25, 0.3) is 5.91 Å². The summed E-state index contributed by atoms with van der Waals surface area (Å²) < 4.78 is 13.9. The maximum absolute atomic E-state index is 12.8. The van der Waals surface area contributed by atoms with Crippen LogP contribution in [0.25, 0.3) is 11.0 Å². The largest absolute Gasteiger partial charge is 0.493 e. The van der Waals surface area contributed by atoms with Crippen molar-refractivity contribution in [1.29, 1.82) is 0 Å². The average Bonchev–Trinajstić information content (AvgIpc) is 2.91. The lowest BCUT2D eigenvalue weighted by Gasteiger charge is -2.14. The van der Waals surface area contributed by atoms with Crippen LogP contribution >= 0.6 is 0 Å². The molecule has 0 aliphatic rings. The third kappa shape index (κ3) is 5.02. The molecule has 0 unspecified atom stereocenters. The molecule has 0 radical (unpaired) electrons. The van der Waals surface area contributed by atoms with Gasteiger partial charge in [-0.15, -0.1) is 0 Å². The standard InChI is InChI=1S/C28H29N3O5/c1-4-30-22-8-6-7-9-23(22)31(28(34)27(30)33)18-19-10-13-21(14-11-19)26(32)29-17-20-12-15-24(35-3)25(16-20)36-5-2/h6-16H,4-5,17-18H2,1-3H3,(H,29,32). The van der Waals surface area contributed by atoms with E-state index in [1.165, 1.54) is 9.13 Å². The number of carbonyl (C=O) groups is 1. The minimum atomic E-state index is -0.566. The number of ether oxygens (including phenoxy) is 2. The first-order valence-corrected chi connectivity index (χ1v) is 11.9. The Bertz CT molecular complexity index is 1500. The molecule has 0 aliphatic carbocycles. The predicted molar refractivity (Wildman–Crippen MR) is 139 cm³/mol. The highest BCUT2D eigenvalue weighted by atomic mass is 16.5. The number of amides is 1. The average molecular weight is 488 g/mol. The molecule has 0 spiro atoms. The van der Waals surface area contributed by atoms with E-state index in [1.54, 1.807) is 31.4 Å². The number of rotatable bonds is 9. The van der Waals surface area contributed by atoms with Crippen molar-refractivity contribution in [3.63, 3.8) is 0 Å². The molecule has 0 saturated heterocycles. The second-order valence-corrected chi connectivity index (χ2v) is 8.23. The van der Waals surface area contributed by atoms with Crippen LogP contribution in [0.1, 0.15) is 35.3 Å². The van der Waals surface area contributed by atoms with Crippen LogP contribution in [0, 0.1) is 0 Å². The van der Waals surface area contributed by atoms with Crippen molar-refractivity contribution in [2.45, 2.75) is 33.5 Å². The van der Waals surface area contributed by atoms with Crippen LogP contribution in [0.4, 0.5) is 0 Å². The maximum Gasteiger partial charge on any atom is 0.317 e. The lowest BCUT2D eigenvalue weighted by atomic mass is 10.1. The van der Waals surface area contributed by atoms with Crippen LogP contribution in [-0.4, -0.2) is 28.8 Å². The van der Waals surface area contributed by atoms with E-state index in [1.807, 2.05) is 56.3 Å². The molecule has 8 heteroatoms. The summed E-state index contributed by atoms with van der Waals surface area (Å²) in [6.45, 7) is 5.23. The highest BCUT2D eigenvalue weighted by Crippen LogP contribution is 2.28. The summed E-state index contributed by atoms with van der Waals surface area (Å²) in [5.74, 6) is 1.05. The molecule has 1 amide bonds. The van der Waals surface area contributed by atoms with Crippen molar-refractivity contribution in [2.75, 3.05) is 13.7 Å².